The van der Waals surface area contributed by atoms with Gasteiger partial charge in [0.05, 0.1) is 4.90 Å². The molecule has 3 rings (SSSR count). The number of nitrogens with zero attached hydrogens (tertiary/aromatic N) is 1. The van der Waals surface area contributed by atoms with Crippen LogP contribution in [-0.2, 0) is 16.6 Å². The maximum absolute atomic E-state index is 12.4. The quantitative estimate of drug-likeness (QED) is 0.696. The Hall–Kier alpha value is -2.11. The van der Waals surface area contributed by atoms with Gasteiger partial charge >= 0.3 is 0 Å². The molecule has 0 unspecified atom stereocenters. The molecular weight excluding hydrogens is 320 g/mol. The van der Waals surface area contributed by atoms with E-state index in [2.05, 4.69) is 27.5 Å². The van der Waals surface area contributed by atoms with Crippen LogP contribution < -0.4 is 4.72 Å². The van der Waals surface area contributed by atoms with Crippen LogP contribution in [-0.4, -0.2) is 19.5 Å². The summed E-state index contributed by atoms with van der Waals surface area (Å²) < 4.78 is 29.7. The zero-order valence-corrected chi connectivity index (χ0v) is 14.8. The molecule has 1 N–H and O–H groups in total. The van der Waals surface area contributed by atoms with E-state index in [-0.39, 0.29) is 0 Å². The summed E-state index contributed by atoms with van der Waals surface area (Å²) in [6.45, 7) is 4.98. The van der Waals surface area contributed by atoms with Gasteiger partial charge in [-0.3, -0.25) is 0 Å². The largest absolute Gasteiger partial charge is 0.347 e. The lowest BCUT2D eigenvalue weighted by Crippen LogP contribution is -2.26. The van der Waals surface area contributed by atoms with Crippen molar-refractivity contribution in [2.24, 2.45) is 0 Å². The molecule has 1 aromatic heterocycles. The first-order valence-corrected chi connectivity index (χ1v) is 9.56. The summed E-state index contributed by atoms with van der Waals surface area (Å²) in [7, 11) is -3.45. The van der Waals surface area contributed by atoms with Crippen LogP contribution in [0.4, 0.5) is 0 Å². The van der Waals surface area contributed by atoms with Crippen molar-refractivity contribution >= 4 is 20.9 Å². The summed E-state index contributed by atoms with van der Waals surface area (Å²) in [6.07, 6.45) is 2.78. The van der Waals surface area contributed by atoms with E-state index in [0.29, 0.717) is 11.4 Å². The highest BCUT2D eigenvalue weighted by Gasteiger charge is 2.15. The van der Waals surface area contributed by atoms with E-state index in [4.69, 9.17) is 0 Å². The molecule has 4 nitrogen and oxygen atoms in total. The number of rotatable bonds is 6. The Kier molecular flexibility index (Phi) is 4.73. The minimum absolute atomic E-state index is 0.361. The zero-order valence-electron chi connectivity index (χ0n) is 14.0. The number of aromatic nitrogens is 1. The van der Waals surface area contributed by atoms with Crippen LogP contribution in [0.25, 0.3) is 10.9 Å². The van der Waals surface area contributed by atoms with Crippen molar-refractivity contribution in [1.82, 2.24) is 9.29 Å². The molecule has 0 amide bonds. The number of para-hydroxylation sites is 1. The smallest absolute Gasteiger partial charge is 0.240 e. The molecule has 2 aromatic carbocycles. The fourth-order valence-corrected chi connectivity index (χ4v) is 4.27. The molecule has 0 atom stereocenters. The second-order valence-corrected chi connectivity index (χ2v) is 7.82. The van der Waals surface area contributed by atoms with Gasteiger partial charge in [-0.05, 0) is 49.4 Å². The minimum atomic E-state index is -3.45. The fourth-order valence-electron chi connectivity index (χ4n) is 2.97. The van der Waals surface area contributed by atoms with Crippen molar-refractivity contribution in [2.45, 2.75) is 31.7 Å². The van der Waals surface area contributed by atoms with E-state index in [9.17, 15) is 8.42 Å². The topological polar surface area (TPSA) is 51.1 Å². The first-order valence-electron chi connectivity index (χ1n) is 8.08. The first-order chi connectivity index (χ1) is 11.5. The summed E-state index contributed by atoms with van der Waals surface area (Å²) in [6, 6.07) is 15.7. The molecule has 0 radical (unpaired) electrons. The Bertz CT molecular complexity index is 958. The fraction of sp³-hybridized carbons (Fsp3) is 0.263. The van der Waals surface area contributed by atoms with Crippen molar-refractivity contribution in [3.05, 3.63) is 65.9 Å². The summed E-state index contributed by atoms with van der Waals surface area (Å²) in [4.78, 5) is 0.361. The number of hydrogen-bond donors (Lipinski definition) is 1. The maximum Gasteiger partial charge on any atom is 0.240 e. The zero-order chi connectivity index (χ0) is 17.2. The lowest BCUT2D eigenvalue weighted by atomic mass is 10.2. The van der Waals surface area contributed by atoms with Crippen molar-refractivity contribution in [1.29, 1.82) is 0 Å². The van der Waals surface area contributed by atoms with Gasteiger partial charge in [0.2, 0.25) is 10.0 Å². The molecule has 0 fully saturated rings. The van der Waals surface area contributed by atoms with Crippen LogP contribution >= 0.6 is 0 Å². The molecule has 0 aliphatic rings. The number of sulfonamides is 1. The second kappa shape index (κ2) is 6.79. The van der Waals surface area contributed by atoms with E-state index in [0.717, 1.165) is 24.1 Å². The Morgan fingerprint density at radius 1 is 1.04 bits per heavy atom. The Balaban J connectivity index is 1.61. The highest BCUT2D eigenvalue weighted by Crippen LogP contribution is 2.17. The summed E-state index contributed by atoms with van der Waals surface area (Å²) in [5, 5.41) is 1.20. The highest BCUT2D eigenvalue weighted by molar-refractivity contribution is 7.89. The molecule has 3 aromatic rings. The molecule has 0 spiro atoms. The monoisotopic (exact) mass is 342 g/mol. The van der Waals surface area contributed by atoms with Gasteiger partial charge < -0.3 is 4.57 Å². The third kappa shape index (κ3) is 3.52. The predicted molar refractivity (Wildman–Crippen MR) is 97.7 cm³/mol. The van der Waals surface area contributed by atoms with Crippen LogP contribution in [0.5, 0.6) is 0 Å². The van der Waals surface area contributed by atoms with E-state index in [1.807, 2.05) is 44.3 Å². The van der Waals surface area contributed by atoms with Gasteiger partial charge in [-0.1, -0.05) is 35.9 Å². The molecule has 0 aliphatic heterocycles. The average Bonchev–Trinajstić information content (AvgIpc) is 2.94. The normalized spacial score (nSPS) is 11.9. The van der Waals surface area contributed by atoms with Crippen LogP contribution in [0.15, 0.2) is 59.6 Å². The molecule has 126 valence electrons. The lowest BCUT2D eigenvalue weighted by molar-refractivity contribution is 0.571. The Morgan fingerprint density at radius 2 is 1.83 bits per heavy atom. The molecular formula is C19H22N2O2S. The molecule has 0 bridgehead atoms. The summed E-state index contributed by atoms with van der Waals surface area (Å²) in [5.74, 6) is 0. The van der Waals surface area contributed by atoms with E-state index in [1.54, 1.807) is 6.07 Å². The van der Waals surface area contributed by atoms with Gasteiger partial charge in [0.25, 0.3) is 0 Å². The first kappa shape index (κ1) is 16.7. The molecule has 0 aliphatic carbocycles. The van der Waals surface area contributed by atoms with Gasteiger partial charge in [-0.15, -0.1) is 0 Å². The summed E-state index contributed by atoms with van der Waals surface area (Å²) in [5.41, 5.74) is 3.01. The van der Waals surface area contributed by atoms with Crippen LogP contribution in [0.3, 0.4) is 0 Å². The summed E-state index contributed by atoms with van der Waals surface area (Å²) >= 11 is 0. The highest BCUT2D eigenvalue weighted by atomic mass is 32.2. The van der Waals surface area contributed by atoms with E-state index in [1.165, 1.54) is 10.9 Å². The maximum atomic E-state index is 12.4. The average molecular weight is 342 g/mol. The molecule has 0 saturated carbocycles. The standard InChI is InChI=1S/C19H22N2O2S/c1-15-8-9-19(16(2)14-15)24(22,23)20-11-5-12-21-13-10-17-6-3-4-7-18(17)21/h3-4,6-10,13-14,20H,5,11-12H2,1-2H3. The molecule has 5 heteroatoms. The molecule has 1 heterocycles. The second-order valence-electron chi connectivity index (χ2n) is 6.09. The lowest BCUT2D eigenvalue weighted by Gasteiger charge is -2.10. The Morgan fingerprint density at radius 3 is 2.62 bits per heavy atom. The van der Waals surface area contributed by atoms with Gasteiger partial charge in [0.1, 0.15) is 0 Å². The van der Waals surface area contributed by atoms with Crippen LogP contribution in [0, 0.1) is 13.8 Å². The number of nitrogens with one attached hydrogen (secondary N) is 1. The van der Waals surface area contributed by atoms with Crippen molar-refractivity contribution in [3.63, 3.8) is 0 Å². The van der Waals surface area contributed by atoms with Gasteiger partial charge in [-0.25, -0.2) is 13.1 Å². The third-order valence-electron chi connectivity index (χ3n) is 4.17. The number of fused-ring (bicyclic) bond motifs is 1. The Labute approximate surface area is 143 Å². The number of hydrogen-bond acceptors (Lipinski definition) is 2. The van der Waals surface area contributed by atoms with Gasteiger partial charge in [-0.2, -0.15) is 0 Å². The molecule has 0 saturated heterocycles. The number of benzene rings is 2. The van der Waals surface area contributed by atoms with Gasteiger partial charge in [0, 0.05) is 24.8 Å². The third-order valence-corrected chi connectivity index (χ3v) is 5.79. The van der Waals surface area contributed by atoms with Crippen LogP contribution in [0.1, 0.15) is 17.5 Å². The van der Waals surface area contributed by atoms with E-state index >= 15 is 0 Å². The van der Waals surface area contributed by atoms with Gasteiger partial charge in [0.15, 0.2) is 0 Å². The van der Waals surface area contributed by atoms with Crippen molar-refractivity contribution < 1.29 is 8.42 Å². The minimum Gasteiger partial charge on any atom is -0.347 e. The van der Waals surface area contributed by atoms with Crippen LogP contribution in [0.2, 0.25) is 0 Å². The SMILES string of the molecule is Cc1ccc(S(=O)(=O)NCCCn2ccc3ccccc32)c(C)c1. The number of aryl methyl sites for hydroxylation is 3. The van der Waals surface area contributed by atoms with E-state index < -0.39 is 10.0 Å². The van der Waals surface area contributed by atoms with Crippen molar-refractivity contribution in [3.8, 4) is 0 Å². The molecule has 24 heavy (non-hydrogen) atoms. The predicted octanol–water partition coefficient (Wildman–Crippen LogP) is 3.63. The van der Waals surface area contributed by atoms with Crippen molar-refractivity contribution in [2.75, 3.05) is 6.54 Å².